The summed E-state index contributed by atoms with van der Waals surface area (Å²) in [5, 5.41) is 0.313. The Kier molecular flexibility index (Phi) is 4.38. The number of nitrogens with zero attached hydrogens (tertiary/aromatic N) is 1. The first-order valence-corrected chi connectivity index (χ1v) is 8.19. The van der Waals surface area contributed by atoms with Gasteiger partial charge >= 0.3 is 0 Å². The number of hydrogen-bond donors (Lipinski definition) is 4. The van der Waals surface area contributed by atoms with Crippen LogP contribution in [0.3, 0.4) is 0 Å². The molecule has 26 heavy (non-hydrogen) atoms. The number of aromatic nitrogens is 4. The number of nitrogens with two attached hydrogens (primary N) is 1. The average molecular weight is 351 g/mol. The summed E-state index contributed by atoms with van der Waals surface area (Å²) in [4.78, 5) is 37.3. The third-order valence-electron chi connectivity index (χ3n) is 3.91. The van der Waals surface area contributed by atoms with Crippen LogP contribution in [-0.2, 0) is 5.41 Å². The van der Waals surface area contributed by atoms with E-state index in [9.17, 15) is 9.59 Å². The van der Waals surface area contributed by atoms with Gasteiger partial charge in [-0.2, -0.15) is 0 Å². The quantitative estimate of drug-likeness (QED) is 0.497. The van der Waals surface area contributed by atoms with Crippen molar-refractivity contribution in [1.82, 2.24) is 19.9 Å². The molecule has 7 heteroatoms. The van der Waals surface area contributed by atoms with Crippen LogP contribution in [0.15, 0.2) is 40.2 Å². The monoisotopic (exact) mass is 351 g/mol. The van der Waals surface area contributed by atoms with Crippen molar-refractivity contribution in [2.75, 3.05) is 5.73 Å². The molecule has 0 spiro atoms. The standard InChI is InChI=1S/C19H21N5O2/c1-19(2,3)16-13(21-10-22-16)9-15-18(26)23-14(17(25)24-15)8-11-5-4-6-12(20)7-11/h4-10H,20H2,1-3H3,(H,21,22)(H,23,26)(H,24,25)/b14-8+,15-9+. The Morgan fingerprint density at radius 1 is 1.04 bits per heavy atom. The topological polar surface area (TPSA) is 120 Å². The summed E-state index contributed by atoms with van der Waals surface area (Å²) in [6.07, 6.45) is 4.72. The second-order valence-corrected chi connectivity index (χ2v) is 7.11. The van der Waals surface area contributed by atoms with E-state index < -0.39 is 11.1 Å². The SMILES string of the molecule is CC(C)(C)c1[nH]cnc1/C=c1/[nH]c(=O)/c(=C\c2cccc(N)c2)[nH]c1=O. The highest BCUT2D eigenvalue weighted by Crippen LogP contribution is 2.22. The predicted molar refractivity (Wildman–Crippen MR) is 102 cm³/mol. The van der Waals surface area contributed by atoms with Crippen LogP contribution in [0.5, 0.6) is 0 Å². The van der Waals surface area contributed by atoms with Gasteiger partial charge in [-0.3, -0.25) is 9.59 Å². The number of aromatic amines is 3. The number of rotatable bonds is 2. The van der Waals surface area contributed by atoms with Gasteiger partial charge in [0.15, 0.2) is 0 Å². The Labute approximate surface area is 149 Å². The predicted octanol–water partition coefficient (Wildman–Crippen LogP) is 0.324. The van der Waals surface area contributed by atoms with Crippen molar-refractivity contribution in [3.05, 3.63) is 78.9 Å². The zero-order chi connectivity index (χ0) is 18.9. The highest BCUT2D eigenvalue weighted by Gasteiger charge is 2.19. The largest absolute Gasteiger partial charge is 0.399 e. The molecular formula is C19H21N5O2. The number of hydrogen-bond acceptors (Lipinski definition) is 4. The lowest BCUT2D eigenvalue weighted by molar-refractivity contribution is 0.571. The number of H-pyrrole nitrogens is 3. The molecule has 2 heterocycles. The fourth-order valence-corrected chi connectivity index (χ4v) is 2.66. The molecule has 3 aromatic rings. The van der Waals surface area contributed by atoms with E-state index in [0.29, 0.717) is 11.4 Å². The molecule has 0 aliphatic rings. The van der Waals surface area contributed by atoms with Crippen molar-refractivity contribution in [1.29, 1.82) is 0 Å². The van der Waals surface area contributed by atoms with Crippen molar-refractivity contribution in [3.8, 4) is 0 Å². The molecule has 134 valence electrons. The van der Waals surface area contributed by atoms with Gasteiger partial charge in [-0.05, 0) is 29.8 Å². The minimum Gasteiger partial charge on any atom is -0.399 e. The van der Waals surface area contributed by atoms with Gasteiger partial charge in [0, 0.05) is 16.8 Å². The smallest absolute Gasteiger partial charge is 0.272 e. The maximum atomic E-state index is 12.4. The molecule has 0 radical (unpaired) electrons. The number of nitrogens with one attached hydrogen (secondary N) is 3. The zero-order valence-corrected chi connectivity index (χ0v) is 14.9. The first-order chi connectivity index (χ1) is 12.2. The summed E-state index contributed by atoms with van der Waals surface area (Å²) in [6.45, 7) is 6.11. The fraction of sp³-hybridized carbons (Fsp3) is 0.211. The molecule has 0 unspecified atom stereocenters. The molecule has 1 aromatic carbocycles. The Hall–Kier alpha value is -3.35. The van der Waals surface area contributed by atoms with Crippen LogP contribution >= 0.6 is 0 Å². The number of anilines is 1. The maximum absolute atomic E-state index is 12.4. The van der Waals surface area contributed by atoms with Crippen LogP contribution in [0.2, 0.25) is 0 Å². The van der Waals surface area contributed by atoms with Crippen LogP contribution in [0.25, 0.3) is 12.2 Å². The van der Waals surface area contributed by atoms with E-state index in [4.69, 9.17) is 5.73 Å². The molecule has 3 rings (SSSR count). The molecule has 0 saturated heterocycles. The van der Waals surface area contributed by atoms with Crippen LogP contribution in [-0.4, -0.2) is 19.9 Å². The first kappa shape index (κ1) is 17.5. The fourth-order valence-electron chi connectivity index (χ4n) is 2.66. The third kappa shape index (κ3) is 3.66. The first-order valence-electron chi connectivity index (χ1n) is 8.19. The van der Waals surface area contributed by atoms with Gasteiger partial charge in [0.25, 0.3) is 11.1 Å². The van der Waals surface area contributed by atoms with Gasteiger partial charge in [0.1, 0.15) is 10.7 Å². The Morgan fingerprint density at radius 2 is 1.69 bits per heavy atom. The minimum atomic E-state index is -0.400. The van der Waals surface area contributed by atoms with Crippen molar-refractivity contribution >= 4 is 17.8 Å². The van der Waals surface area contributed by atoms with Gasteiger partial charge in [-0.1, -0.05) is 32.9 Å². The molecule has 7 nitrogen and oxygen atoms in total. The molecule has 5 N–H and O–H groups in total. The lowest BCUT2D eigenvalue weighted by atomic mass is 9.90. The minimum absolute atomic E-state index is 0.150. The lowest BCUT2D eigenvalue weighted by Gasteiger charge is -2.16. The van der Waals surface area contributed by atoms with E-state index in [1.807, 2.05) is 20.8 Å². The molecule has 0 aliphatic carbocycles. The van der Waals surface area contributed by atoms with Crippen LogP contribution in [0, 0.1) is 0 Å². The Morgan fingerprint density at radius 3 is 2.31 bits per heavy atom. The van der Waals surface area contributed by atoms with Gasteiger partial charge < -0.3 is 20.7 Å². The number of imidazole rings is 1. The van der Waals surface area contributed by atoms with Gasteiger partial charge in [0.2, 0.25) is 0 Å². The molecule has 2 aromatic heterocycles. The molecule has 0 atom stereocenters. The second-order valence-electron chi connectivity index (χ2n) is 7.11. The second kappa shape index (κ2) is 6.51. The van der Waals surface area contributed by atoms with Crippen LogP contribution in [0.4, 0.5) is 5.69 Å². The summed E-state index contributed by atoms with van der Waals surface area (Å²) >= 11 is 0. The molecule has 0 amide bonds. The number of benzene rings is 1. The van der Waals surface area contributed by atoms with Crippen LogP contribution in [0.1, 0.15) is 37.7 Å². The van der Waals surface area contributed by atoms with E-state index in [0.717, 1.165) is 11.3 Å². The van der Waals surface area contributed by atoms with Crippen molar-refractivity contribution < 1.29 is 0 Å². The molecule has 0 bridgehead atoms. The van der Waals surface area contributed by atoms with E-state index in [1.54, 1.807) is 42.7 Å². The highest BCUT2D eigenvalue weighted by molar-refractivity contribution is 5.54. The zero-order valence-electron chi connectivity index (χ0n) is 14.9. The molecule has 0 aliphatic heterocycles. The average Bonchev–Trinajstić information content (AvgIpc) is 3.01. The maximum Gasteiger partial charge on any atom is 0.272 e. The van der Waals surface area contributed by atoms with Crippen molar-refractivity contribution in [3.63, 3.8) is 0 Å². The van der Waals surface area contributed by atoms with E-state index in [-0.39, 0.29) is 16.1 Å². The summed E-state index contributed by atoms with van der Waals surface area (Å²) in [5.74, 6) is 0. The third-order valence-corrected chi connectivity index (χ3v) is 3.91. The van der Waals surface area contributed by atoms with Crippen molar-refractivity contribution in [2.24, 2.45) is 0 Å². The van der Waals surface area contributed by atoms with Gasteiger partial charge in [-0.15, -0.1) is 0 Å². The van der Waals surface area contributed by atoms with Gasteiger partial charge in [-0.25, -0.2) is 4.98 Å². The Bertz CT molecular complexity index is 1180. The van der Waals surface area contributed by atoms with Gasteiger partial charge in [0.05, 0.1) is 12.0 Å². The number of nitrogen functional groups attached to an aromatic ring is 1. The van der Waals surface area contributed by atoms with Crippen molar-refractivity contribution in [2.45, 2.75) is 26.2 Å². The summed E-state index contributed by atoms with van der Waals surface area (Å²) in [5.41, 5.74) is 7.57. The lowest BCUT2D eigenvalue weighted by Crippen LogP contribution is -2.46. The molecular weight excluding hydrogens is 330 g/mol. The van der Waals surface area contributed by atoms with E-state index in [2.05, 4.69) is 19.9 Å². The summed E-state index contributed by atoms with van der Waals surface area (Å²) in [6, 6.07) is 7.05. The van der Waals surface area contributed by atoms with E-state index >= 15 is 0 Å². The normalized spacial score (nSPS) is 13.3. The molecule has 0 fully saturated rings. The molecule has 0 saturated carbocycles. The summed E-state index contributed by atoms with van der Waals surface area (Å²) < 4.78 is 0. The van der Waals surface area contributed by atoms with E-state index in [1.165, 1.54) is 0 Å². The Balaban J connectivity index is 2.14. The highest BCUT2D eigenvalue weighted by atomic mass is 16.1. The van der Waals surface area contributed by atoms with Crippen LogP contribution < -0.4 is 27.6 Å². The summed E-state index contributed by atoms with van der Waals surface area (Å²) in [7, 11) is 0.